The number of nitrogens with zero attached hydrogens (tertiary/aromatic N) is 3. The van der Waals surface area contributed by atoms with Gasteiger partial charge in [0.2, 0.25) is 0 Å². The number of aromatic amines is 1. The average molecular weight is 485 g/mol. The van der Waals surface area contributed by atoms with Crippen LogP contribution >= 0.6 is 0 Å². The highest BCUT2D eigenvalue weighted by Gasteiger charge is 2.22. The van der Waals surface area contributed by atoms with E-state index in [-0.39, 0.29) is 12.5 Å². The number of aromatic nitrogens is 2. The average Bonchev–Trinajstić information content (AvgIpc) is 3.35. The van der Waals surface area contributed by atoms with E-state index in [1.807, 2.05) is 55.5 Å². The van der Waals surface area contributed by atoms with Gasteiger partial charge in [-0.15, -0.1) is 0 Å². The molecule has 1 saturated heterocycles. The fourth-order valence-corrected chi connectivity index (χ4v) is 4.29. The van der Waals surface area contributed by atoms with Gasteiger partial charge < -0.3 is 24.3 Å². The Morgan fingerprint density at radius 3 is 2.36 bits per heavy atom. The van der Waals surface area contributed by atoms with Crippen molar-refractivity contribution < 1.29 is 19.1 Å². The second-order valence-corrected chi connectivity index (χ2v) is 8.83. The lowest BCUT2D eigenvalue weighted by Gasteiger charge is -2.36. The van der Waals surface area contributed by atoms with Gasteiger partial charge >= 0.3 is 5.97 Å². The van der Waals surface area contributed by atoms with Gasteiger partial charge in [-0.05, 0) is 49.4 Å². The lowest BCUT2D eigenvalue weighted by Crippen LogP contribution is -2.49. The summed E-state index contributed by atoms with van der Waals surface area (Å²) in [6, 6.07) is 21.1. The summed E-state index contributed by atoms with van der Waals surface area (Å²) in [5.74, 6) is 0.822. The third-order valence-corrected chi connectivity index (χ3v) is 6.44. The molecule has 3 aromatic carbocycles. The number of rotatable bonds is 6. The smallest absolute Gasteiger partial charge is 0.338 e. The van der Waals surface area contributed by atoms with Gasteiger partial charge in [0.25, 0.3) is 5.91 Å². The molecule has 1 aliphatic heterocycles. The third kappa shape index (κ3) is 5.02. The van der Waals surface area contributed by atoms with Crippen molar-refractivity contribution in [2.45, 2.75) is 6.92 Å². The molecule has 8 nitrogen and oxygen atoms in total. The quantitative estimate of drug-likeness (QED) is 0.416. The number of hydrogen-bond acceptors (Lipinski definition) is 6. The first-order valence-corrected chi connectivity index (χ1v) is 11.9. The number of anilines is 1. The predicted molar refractivity (Wildman–Crippen MR) is 138 cm³/mol. The molecule has 36 heavy (non-hydrogen) atoms. The number of esters is 1. The summed E-state index contributed by atoms with van der Waals surface area (Å²) >= 11 is 0. The summed E-state index contributed by atoms with van der Waals surface area (Å²) < 4.78 is 10.6. The number of hydrogen-bond donors (Lipinski definition) is 1. The summed E-state index contributed by atoms with van der Waals surface area (Å²) in [6.07, 6.45) is 0. The van der Waals surface area contributed by atoms with Crippen molar-refractivity contribution >= 4 is 28.6 Å². The minimum absolute atomic E-state index is 0.193. The molecule has 0 saturated carbocycles. The van der Waals surface area contributed by atoms with Crippen LogP contribution in [0, 0.1) is 6.92 Å². The molecule has 0 atom stereocenters. The first kappa shape index (κ1) is 23.4. The lowest BCUT2D eigenvalue weighted by atomic mass is 10.1. The van der Waals surface area contributed by atoms with Gasteiger partial charge in [-0.3, -0.25) is 4.79 Å². The molecule has 1 N–H and O–H groups in total. The van der Waals surface area contributed by atoms with E-state index in [0.717, 1.165) is 33.9 Å². The first-order chi connectivity index (χ1) is 17.5. The van der Waals surface area contributed by atoms with Crippen LogP contribution in [-0.4, -0.2) is 66.6 Å². The van der Waals surface area contributed by atoms with Crippen LogP contribution in [0.2, 0.25) is 0 Å². The standard InChI is InChI=1S/C28H28N4O4/c1-19-3-5-20(6-4-19)27-29-24-12-7-21(17-25(24)30-27)28(34)36-18-26(33)32-15-13-31(14-16-32)22-8-10-23(35-2)11-9-22/h3-12,17H,13-16,18H2,1-2H3,(H,29,30). The highest BCUT2D eigenvalue weighted by Crippen LogP contribution is 2.23. The Morgan fingerprint density at radius 2 is 1.67 bits per heavy atom. The van der Waals surface area contributed by atoms with E-state index in [4.69, 9.17) is 9.47 Å². The highest BCUT2D eigenvalue weighted by atomic mass is 16.5. The fraction of sp³-hybridized carbons (Fsp3) is 0.250. The predicted octanol–water partition coefficient (Wildman–Crippen LogP) is 4.05. The maximum Gasteiger partial charge on any atom is 0.338 e. The van der Waals surface area contributed by atoms with Crippen LogP contribution in [0.4, 0.5) is 5.69 Å². The van der Waals surface area contributed by atoms with Crippen molar-refractivity contribution in [2.75, 3.05) is 44.8 Å². The number of carbonyl (C=O) groups is 2. The zero-order valence-corrected chi connectivity index (χ0v) is 20.4. The molecule has 1 amide bonds. The topological polar surface area (TPSA) is 87.8 Å². The van der Waals surface area contributed by atoms with E-state index < -0.39 is 5.97 Å². The Hall–Kier alpha value is -4.33. The SMILES string of the molecule is COc1ccc(N2CCN(C(=O)COC(=O)c3ccc4nc(-c5ccc(C)cc5)[nH]c4c3)CC2)cc1. The minimum atomic E-state index is -0.534. The Labute approximate surface area is 209 Å². The van der Waals surface area contributed by atoms with Crippen molar-refractivity contribution in [1.82, 2.24) is 14.9 Å². The molecule has 0 radical (unpaired) electrons. The van der Waals surface area contributed by atoms with Gasteiger partial charge in [-0.2, -0.15) is 0 Å². The van der Waals surface area contributed by atoms with Crippen LogP contribution in [0.25, 0.3) is 22.4 Å². The number of aryl methyl sites for hydroxylation is 1. The summed E-state index contributed by atoms with van der Waals surface area (Å²) in [7, 11) is 1.64. The van der Waals surface area contributed by atoms with Gasteiger partial charge in [-0.1, -0.05) is 29.8 Å². The largest absolute Gasteiger partial charge is 0.497 e. The van der Waals surface area contributed by atoms with Crippen LogP contribution in [0.15, 0.2) is 66.7 Å². The van der Waals surface area contributed by atoms with E-state index in [1.165, 1.54) is 5.56 Å². The second-order valence-electron chi connectivity index (χ2n) is 8.83. The maximum absolute atomic E-state index is 12.7. The fourth-order valence-electron chi connectivity index (χ4n) is 4.29. The molecule has 2 heterocycles. The Morgan fingerprint density at radius 1 is 0.944 bits per heavy atom. The molecule has 184 valence electrons. The molecule has 4 aromatic rings. The molecule has 1 fully saturated rings. The third-order valence-electron chi connectivity index (χ3n) is 6.44. The zero-order valence-electron chi connectivity index (χ0n) is 20.4. The van der Waals surface area contributed by atoms with Crippen molar-refractivity contribution in [1.29, 1.82) is 0 Å². The van der Waals surface area contributed by atoms with Crippen molar-refractivity contribution in [2.24, 2.45) is 0 Å². The number of amides is 1. The molecule has 1 aromatic heterocycles. The van der Waals surface area contributed by atoms with Crippen LogP contribution in [-0.2, 0) is 9.53 Å². The van der Waals surface area contributed by atoms with Crippen molar-refractivity contribution in [3.63, 3.8) is 0 Å². The number of methoxy groups -OCH3 is 1. The van der Waals surface area contributed by atoms with E-state index in [9.17, 15) is 9.59 Å². The molecule has 5 rings (SSSR count). The number of H-pyrrole nitrogens is 1. The molecule has 0 spiro atoms. The molecule has 1 aliphatic rings. The van der Waals surface area contributed by atoms with E-state index in [0.29, 0.717) is 31.7 Å². The highest BCUT2D eigenvalue weighted by molar-refractivity contribution is 5.95. The normalized spacial score (nSPS) is 13.6. The molecular formula is C28H28N4O4. The molecule has 0 aliphatic carbocycles. The summed E-state index contributed by atoms with van der Waals surface area (Å²) in [6.45, 7) is 4.33. The number of imidazole rings is 1. The molecule has 0 bridgehead atoms. The van der Waals surface area contributed by atoms with Crippen LogP contribution in [0.5, 0.6) is 5.75 Å². The van der Waals surface area contributed by atoms with Gasteiger partial charge in [0.05, 0.1) is 23.7 Å². The molecule has 0 unspecified atom stereocenters. The number of carbonyl (C=O) groups excluding carboxylic acids is 2. The summed E-state index contributed by atoms with van der Waals surface area (Å²) in [5, 5.41) is 0. The monoisotopic (exact) mass is 484 g/mol. The second kappa shape index (κ2) is 10.1. The van der Waals surface area contributed by atoms with Gasteiger partial charge in [0.1, 0.15) is 11.6 Å². The molecular weight excluding hydrogens is 456 g/mol. The molecule has 8 heteroatoms. The van der Waals surface area contributed by atoms with Crippen LogP contribution < -0.4 is 9.64 Å². The van der Waals surface area contributed by atoms with Crippen LogP contribution in [0.3, 0.4) is 0 Å². The number of benzene rings is 3. The summed E-state index contributed by atoms with van der Waals surface area (Å²) in [4.78, 5) is 37.1. The summed E-state index contributed by atoms with van der Waals surface area (Å²) in [5.41, 5.74) is 5.11. The number of piperazine rings is 1. The van der Waals surface area contributed by atoms with Crippen molar-refractivity contribution in [3.8, 4) is 17.1 Å². The lowest BCUT2D eigenvalue weighted by molar-refractivity contribution is -0.134. The van der Waals surface area contributed by atoms with Gasteiger partial charge in [0.15, 0.2) is 6.61 Å². The van der Waals surface area contributed by atoms with Gasteiger partial charge in [0, 0.05) is 37.4 Å². The Bertz CT molecular complexity index is 1370. The minimum Gasteiger partial charge on any atom is -0.497 e. The van der Waals surface area contributed by atoms with E-state index >= 15 is 0 Å². The number of nitrogens with one attached hydrogen (secondary N) is 1. The Kier molecular flexibility index (Phi) is 6.58. The van der Waals surface area contributed by atoms with E-state index in [2.05, 4.69) is 14.9 Å². The maximum atomic E-state index is 12.7. The number of ether oxygens (including phenoxy) is 2. The van der Waals surface area contributed by atoms with Crippen LogP contribution in [0.1, 0.15) is 15.9 Å². The zero-order chi connectivity index (χ0) is 25.1. The number of fused-ring (bicyclic) bond motifs is 1. The van der Waals surface area contributed by atoms with Gasteiger partial charge in [-0.25, -0.2) is 9.78 Å². The van der Waals surface area contributed by atoms with E-state index in [1.54, 1.807) is 30.2 Å². The first-order valence-electron chi connectivity index (χ1n) is 11.9. The van der Waals surface area contributed by atoms with Crippen molar-refractivity contribution in [3.05, 3.63) is 77.9 Å². The Balaban J connectivity index is 1.15.